The summed E-state index contributed by atoms with van der Waals surface area (Å²) in [4.78, 5) is 27.7. The van der Waals surface area contributed by atoms with Crippen molar-refractivity contribution < 1.29 is 14.3 Å². The Hall–Kier alpha value is -2.31. The first-order valence-corrected chi connectivity index (χ1v) is 12.3. The van der Waals surface area contributed by atoms with Crippen molar-refractivity contribution in [1.29, 1.82) is 0 Å². The van der Waals surface area contributed by atoms with Crippen molar-refractivity contribution in [3.05, 3.63) is 24.3 Å². The van der Waals surface area contributed by atoms with Crippen LogP contribution < -0.4 is 16.8 Å². The van der Waals surface area contributed by atoms with E-state index in [0.29, 0.717) is 19.4 Å². The molecule has 0 aromatic carbocycles. The Morgan fingerprint density at radius 1 is 0.906 bits per heavy atom. The average molecular weight is 451 g/mol. The van der Waals surface area contributed by atoms with Crippen LogP contribution in [-0.2, 0) is 14.3 Å². The minimum absolute atomic E-state index is 0.00606. The second-order valence-electron chi connectivity index (χ2n) is 8.14. The van der Waals surface area contributed by atoms with Crippen LogP contribution in [0.25, 0.3) is 0 Å². The number of guanidine groups is 1. The van der Waals surface area contributed by atoms with Gasteiger partial charge in [-0.15, -0.1) is 0 Å². The summed E-state index contributed by atoms with van der Waals surface area (Å²) >= 11 is 0. The minimum Gasteiger partial charge on any atom is -0.467 e. The molecule has 7 nitrogen and oxygen atoms in total. The molecule has 1 amide bonds. The Bertz CT molecular complexity index is 570. The van der Waals surface area contributed by atoms with Crippen molar-refractivity contribution in [2.75, 3.05) is 13.7 Å². The SMILES string of the molecule is CCCCCCCCCCCCCC=CC=CC(=O)N[C@@H](CCCN=C(N)N)C(=O)OC. The summed E-state index contributed by atoms with van der Waals surface area (Å²) in [6.07, 6.45) is 23.7. The van der Waals surface area contributed by atoms with Gasteiger partial charge in [-0.3, -0.25) is 9.79 Å². The van der Waals surface area contributed by atoms with Crippen molar-refractivity contribution in [2.45, 2.75) is 103 Å². The standard InChI is InChI=1S/C25H46N4O3/c1-3-4-5-6-7-8-9-10-11-12-13-14-15-16-17-20-23(30)29-22(24(31)32-2)19-18-21-28-25(26)27/h15-17,20,22H,3-14,18-19,21H2,1-2H3,(H,29,30)(H4,26,27,28)/t22-/m0/s1. The van der Waals surface area contributed by atoms with Crippen molar-refractivity contribution in [3.8, 4) is 0 Å². The molecule has 0 aliphatic heterocycles. The number of nitrogens with two attached hydrogens (primary N) is 2. The molecule has 1 atom stereocenters. The highest BCUT2D eigenvalue weighted by Gasteiger charge is 2.19. The van der Waals surface area contributed by atoms with Crippen LogP contribution >= 0.6 is 0 Å². The van der Waals surface area contributed by atoms with Crippen molar-refractivity contribution >= 4 is 17.8 Å². The van der Waals surface area contributed by atoms with Crippen LogP contribution in [0.5, 0.6) is 0 Å². The van der Waals surface area contributed by atoms with Gasteiger partial charge in [0.25, 0.3) is 0 Å². The van der Waals surface area contributed by atoms with Gasteiger partial charge in [0.15, 0.2) is 5.96 Å². The number of rotatable bonds is 20. The molecule has 0 aliphatic rings. The monoisotopic (exact) mass is 450 g/mol. The maximum Gasteiger partial charge on any atom is 0.328 e. The smallest absolute Gasteiger partial charge is 0.328 e. The molecule has 0 saturated carbocycles. The van der Waals surface area contributed by atoms with Gasteiger partial charge in [0.05, 0.1) is 7.11 Å². The van der Waals surface area contributed by atoms with Crippen LogP contribution in [0.1, 0.15) is 96.8 Å². The molecular formula is C25H46N4O3. The van der Waals surface area contributed by atoms with Gasteiger partial charge in [-0.2, -0.15) is 0 Å². The van der Waals surface area contributed by atoms with Gasteiger partial charge < -0.3 is 21.5 Å². The van der Waals surface area contributed by atoms with Gasteiger partial charge >= 0.3 is 5.97 Å². The Balaban J connectivity index is 3.87. The molecule has 32 heavy (non-hydrogen) atoms. The highest BCUT2D eigenvalue weighted by Crippen LogP contribution is 2.12. The van der Waals surface area contributed by atoms with E-state index in [0.717, 1.165) is 6.42 Å². The third kappa shape index (κ3) is 19.6. The van der Waals surface area contributed by atoms with Crippen LogP contribution in [0, 0.1) is 0 Å². The van der Waals surface area contributed by atoms with E-state index < -0.39 is 12.0 Å². The summed E-state index contributed by atoms with van der Waals surface area (Å²) < 4.78 is 4.75. The lowest BCUT2D eigenvalue weighted by molar-refractivity contribution is -0.144. The lowest BCUT2D eigenvalue weighted by Crippen LogP contribution is -2.40. The van der Waals surface area contributed by atoms with Crippen molar-refractivity contribution in [3.63, 3.8) is 0 Å². The predicted octanol–water partition coefficient (Wildman–Crippen LogP) is 4.51. The molecule has 0 heterocycles. The first-order chi connectivity index (χ1) is 15.5. The summed E-state index contributed by atoms with van der Waals surface area (Å²) in [6.45, 7) is 2.65. The second-order valence-corrected chi connectivity index (χ2v) is 8.14. The fourth-order valence-corrected chi connectivity index (χ4v) is 3.36. The fraction of sp³-hybridized carbons (Fsp3) is 0.720. The van der Waals surface area contributed by atoms with Gasteiger partial charge in [0, 0.05) is 12.6 Å². The lowest BCUT2D eigenvalue weighted by Gasteiger charge is -2.14. The molecule has 184 valence electrons. The Kier molecular flexibility index (Phi) is 20.3. The number of hydrogen-bond acceptors (Lipinski definition) is 4. The van der Waals surface area contributed by atoms with E-state index in [1.54, 1.807) is 6.08 Å². The van der Waals surface area contributed by atoms with Gasteiger partial charge in [0.1, 0.15) is 6.04 Å². The minimum atomic E-state index is -0.716. The van der Waals surface area contributed by atoms with Crippen molar-refractivity contribution in [2.24, 2.45) is 16.5 Å². The third-order valence-corrected chi connectivity index (χ3v) is 5.22. The zero-order chi connectivity index (χ0) is 23.9. The highest BCUT2D eigenvalue weighted by atomic mass is 16.5. The summed E-state index contributed by atoms with van der Waals surface area (Å²) in [5.74, 6) is -0.809. The lowest BCUT2D eigenvalue weighted by atomic mass is 10.1. The van der Waals surface area contributed by atoms with E-state index in [1.807, 2.05) is 6.08 Å². The van der Waals surface area contributed by atoms with Crippen LogP contribution in [-0.4, -0.2) is 37.5 Å². The number of hydrogen-bond donors (Lipinski definition) is 3. The number of carbonyl (C=O) groups is 2. The van der Waals surface area contributed by atoms with E-state index in [-0.39, 0.29) is 11.9 Å². The van der Waals surface area contributed by atoms with E-state index in [9.17, 15) is 9.59 Å². The third-order valence-electron chi connectivity index (χ3n) is 5.22. The van der Waals surface area contributed by atoms with E-state index in [2.05, 4.69) is 23.3 Å². The maximum absolute atomic E-state index is 12.0. The first-order valence-electron chi connectivity index (χ1n) is 12.3. The second kappa shape index (κ2) is 21.9. The van der Waals surface area contributed by atoms with Crippen LogP contribution in [0.4, 0.5) is 0 Å². The van der Waals surface area contributed by atoms with Crippen LogP contribution in [0.2, 0.25) is 0 Å². The van der Waals surface area contributed by atoms with E-state index in [4.69, 9.17) is 16.2 Å². The number of methoxy groups -OCH3 is 1. The number of unbranched alkanes of at least 4 members (excludes halogenated alkanes) is 11. The quantitative estimate of drug-likeness (QED) is 0.0629. The molecule has 0 rings (SSSR count). The molecule has 0 radical (unpaired) electrons. The Morgan fingerprint density at radius 2 is 1.50 bits per heavy atom. The van der Waals surface area contributed by atoms with Crippen LogP contribution in [0.15, 0.2) is 29.3 Å². The number of esters is 1. The molecule has 0 aromatic rings. The van der Waals surface area contributed by atoms with E-state index in [1.165, 1.54) is 83.8 Å². The predicted molar refractivity (Wildman–Crippen MR) is 133 cm³/mol. The number of nitrogens with one attached hydrogen (secondary N) is 1. The highest BCUT2D eigenvalue weighted by molar-refractivity contribution is 5.91. The molecule has 7 heteroatoms. The molecule has 5 N–H and O–H groups in total. The summed E-state index contributed by atoms with van der Waals surface area (Å²) in [5.41, 5.74) is 10.5. The van der Waals surface area contributed by atoms with E-state index >= 15 is 0 Å². The molecule has 0 aromatic heterocycles. The molecular weight excluding hydrogens is 404 g/mol. The summed E-state index contributed by atoms with van der Waals surface area (Å²) in [5, 5.41) is 2.66. The summed E-state index contributed by atoms with van der Waals surface area (Å²) in [7, 11) is 1.30. The van der Waals surface area contributed by atoms with Crippen molar-refractivity contribution in [1.82, 2.24) is 5.32 Å². The molecule has 0 bridgehead atoms. The molecule has 0 saturated heterocycles. The number of ether oxygens (including phenoxy) is 1. The largest absolute Gasteiger partial charge is 0.467 e. The number of allylic oxidation sites excluding steroid dienone is 3. The molecule has 0 aliphatic carbocycles. The number of aliphatic imine (C=N–C) groups is 1. The van der Waals surface area contributed by atoms with Gasteiger partial charge in [-0.25, -0.2) is 4.79 Å². The number of carbonyl (C=O) groups excluding carboxylic acids is 2. The number of amides is 1. The average Bonchev–Trinajstić information content (AvgIpc) is 2.77. The zero-order valence-electron chi connectivity index (χ0n) is 20.3. The fourth-order valence-electron chi connectivity index (χ4n) is 3.36. The van der Waals surface area contributed by atoms with Gasteiger partial charge in [-0.05, 0) is 25.7 Å². The summed E-state index contributed by atoms with van der Waals surface area (Å²) in [6, 6.07) is -0.716. The van der Waals surface area contributed by atoms with Crippen LogP contribution in [0.3, 0.4) is 0 Å². The molecule has 0 unspecified atom stereocenters. The Labute approximate surface area is 195 Å². The first kappa shape index (κ1) is 29.7. The van der Waals surface area contributed by atoms with Gasteiger partial charge in [-0.1, -0.05) is 89.4 Å². The molecule has 0 fully saturated rings. The Morgan fingerprint density at radius 3 is 2.06 bits per heavy atom. The topological polar surface area (TPSA) is 120 Å². The normalized spacial score (nSPS) is 12.2. The maximum atomic E-state index is 12.0. The molecule has 0 spiro atoms. The number of nitrogens with zero attached hydrogens (tertiary/aromatic N) is 1. The zero-order valence-corrected chi connectivity index (χ0v) is 20.3. The van der Waals surface area contributed by atoms with Gasteiger partial charge in [0.2, 0.25) is 5.91 Å².